The lowest BCUT2D eigenvalue weighted by Gasteiger charge is -2.20. The summed E-state index contributed by atoms with van der Waals surface area (Å²) >= 11 is 1.45. The lowest BCUT2D eigenvalue weighted by atomic mass is 9.90. The van der Waals surface area contributed by atoms with Gasteiger partial charge in [-0.1, -0.05) is 11.8 Å². The Hall–Kier alpha value is -2.34. The predicted molar refractivity (Wildman–Crippen MR) is 99.6 cm³/mol. The second-order valence-electron chi connectivity index (χ2n) is 6.39. The first-order chi connectivity index (χ1) is 12.7. The van der Waals surface area contributed by atoms with E-state index in [0.717, 1.165) is 47.4 Å². The summed E-state index contributed by atoms with van der Waals surface area (Å²) in [6.07, 6.45) is 5.68. The Morgan fingerprint density at radius 3 is 2.88 bits per heavy atom. The maximum atomic E-state index is 13.7. The number of benzene rings is 1. The minimum absolute atomic E-state index is 0.0584. The van der Waals surface area contributed by atoms with Crippen LogP contribution in [0.2, 0.25) is 0 Å². The molecule has 1 aliphatic carbocycles. The highest BCUT2D eigenvalue weighted by Crippen LogP contribution is 2.34. The van der Waals surface area contributed by atoms with E-state index in [1.165, 1.54) is 29.0 Å². The molecule has 6 heteroatoms. The topological polar surface area (TPSA) is 55.1 Å². The molecule has 4 rings (SSSR count). The average Bonchev–Trinajstić information content (AvgIpc) is 3.18. The Balaban J connectivity index is 1.52. The number of aromatic nitrogens is 1. The van der Waals surface area contributed by atoms with Crippen molar-refractivity contribution in [1.82, 2.24) is 10.3 Å². The third-order valence-corrected chi connectivity index (χ3v) is 5.63. The number of carbonyl (C=O) groups excluding carboxylic acids is 1. The molecule has 1 aliphatic rings. The molecule has 26 heavy (non-hydrogen) atoms. The molecule has 0 spiro atoms. The summed E-state index contributed by atoms with van der Waals surface area (Å²) < 4.78 is 18.9. The van der Waals surface area contributed by atoms with Gasteiger partial charge in [-0.15, -0.1) is 0 Å². The monoisotopic (exact) mass is 370 g/mol. The molecule has 0 bridgehead atoms. The van der Waals surface area contributed by atoms with Gasteiger partial charge in [0.25, 0.3) is 0 Å². The first-order valence-corrected chi connectivity index (χ1v) is 9.72. The number of pyridine rings is 1. The van der Waals surface area contributed by atoms with Gasteiger partial charge in [-0.25, -0.2) is 9.37 Å². The second-order valence-corrected chi connectivity index (χ2v) is 7.35. The first kappa shape index (κ1) is 17.1. The van der Waals surface area contributed by atoms with E-state index in [4.69, 9.17) is 9.40 Å². The van der Waals surface area contributed by atoms with Gasteiger partial charge in [-0.3, -0.25) is 4.79 Å². The summed E-state index contributed by atoms with van der Waals surface area (Å²) in [4.78, 5) is 16.8. The van der Waals surface area contributed by atoms with Crippen LogP contribution in [0.3, 0.4) is 0 Å². The van der Waals surface area contributed by atoms with Crippen LogP contribution in [0.1, 0.15) is 29.7 Å². The number of fused-ring (bicyclic) bond motifs is 3. The van der Waals surface area contributed by atoms with Gasteiger partial charge in [-0.2, -0.15) is 0 Å². The second kappa shape index (κ2) is 7.50. The molecule has 0 saturated carbocycles. The maximum absolute atomic E-state index is 13.7. The molecule has 0 fully saturated rings. The predicted octanol–water partition coefficient (Wildman–Crippen LogP) is 4.25. The quantitative estimate of drug-likeness (QED) is 0.682. The number of rotatable bonds is 5. The fourth-order valence-electron chi connectivity index (χ4n) is 3.37. The third-order valence-electron chi connectivity index (χ3n) is 4.61. The van der Waals surface area contributed by atoms with E-state index >= 15 is 0 Å². The summed E-state index contributed by atoms with van der Waals surface area (Å²) in [5.41, 5.74) is 3.17. The minimum atomic E-state index is -0.232. The Morgan fingerprint density at radius 1 is 1.23 bits per heavy atom. The van der Waals surface area contributed by atoms with Crippen molar-refractivity contribution in [3.05, 3.63) is 59.3 Å². The number of hydrogen-bond donors (Lipinski definition) is 1. The number of nitrogens with zero attached hydrogens (tertiary/aromatic N) is 1. The van der Waals surface area contributed by atoms with Crippen molar-refractivity contribution >= 4 is 28.6 Å². The largest absolute Gasteiger partial charge is 0.467 e. The van der Waals surface area contributed by atoms with Crippen LogP contribution in [0.4, 0.5) is 4.39 Å². The molecule has 2 heterocycles. The molecular formula is C20H19FN2O2S. The first-order valence-electron chi connectivity index (χ1n) is 8.73. The Bertz CT molecular complexity index is 941. The molecule has 134 valence electrons. The molecule has 0 atom stereocenters. The number of aryl methyl sites for hydroxylation is 1. The summed E-state index contributed by atoms with van der Waals surface area (Å²) in [5.74, 6) is 0.737. The minimum Gasteiger partial charge on any atom is -0.467 e. The average molecular weight is 370 g/mol. The molecule has 4 nitrogen and oxygen atoms in total. The molecule has 0 unspecified atom stereocenters. The van der Waals surface area contributed by atoms with Crippen molar-refractivity contribution in [1.29, 1.82) is 0 Å². The van der Waals surface area contributed by atoms with E-state index in [0.29, 0.717) is 12.3 Å². The van der Waals surface area contributed by atoms with E-state index in [1.807, 2.05) is 6.07 Å². The molecule has 1 aromatic carbocycles. The number of halogens is 1. The fourth-order valence-corrected chi connectivity index (χ4v) is 4.30. The van der Waals surface area contributed by atoms with Gasteiger partial charge in [0, 0.05) is 5.39 Å². The lowest BCUT2D eigenvalue weighted by Crippen LogP contribution is -2.24. The fraction of sp³-hybridized carbons (Fsp3) is 0.300. The van der Waals surface area contributed by atoms with Crippen molar-refractivity contribution in [2.75, 3.05) is 5.75 Å². The molecule has 0 saturated heterocycles. The van der Waals surface area contributed by atoms with Crippen LogP contribution < -0.4 is 5.32 Å². The zero-order chi connectivity index (χ0) is 17.9. The van der Waals surface area contributed by atoms with E-state index in [9.17, 15) is 9.18 Å². The van der Waals surface area contributed by atoms with Crippen molar-refractivity contribution in [2.45, 2.75) is 37.3 Å². The normalized spacial score (nSPS) is 13.6. The third kappa shape index (κ3) is 3.60. The summed E-state index contributed by atoms with van der Waals surface area (Å²) in [5, 5.41) is 4.65. The van der Waals surface area contributed by atoms with Gasteiger partial charge in [0.1, 0.15) is 16.6 Å². The van der Waals surface area contributed by atoms with Crippen LogP contribution in [-0.2, 0) is 24.2 Å². The van der Waals surface area contributed by atoms with Crippen molar-refractivity contribution in [2.24, 2.45) is 0 Å². The Morgan fingerprint density at radius 2 is 2.08 bits per heavy atom. The highest BCUT2D eigenvalue weighted by Gasteiger charge is 2.19. The van der Waals surface area contributed by atoms with Crippen LogP contribution in [0.5, 0.6) is 0 Å². The van der Waals surface area contributed by atoms with E-state index in [2.05, 4.69) is 5.32 Å². The van der Waals surface area contributed by atoms with E-state index < -0.39 is 0 Å². The lowest BCUT2D eigenvalue weighted by molar-refractivity contribution is -0.118. The van der Waals surface area contributed by atoms with E-state index in [1.54, 1.807) is 24.5 Å². The highest BCUT2D eigenvalue weighted by atomic mass is 32.2. The van der Waals surface area contributed by atoms with Crippen molar-refractivity contribution in [3.63, 3.8) is 0 Å². The highest BCUT2D eigenvalue weighted by molar-refractivity contribution is 8.00. The van der Waals surface area contributed by atoms with Gasteiger partial charge in [0.2, 0.25) is 5.91 Å². The van der Waals surface area contributed by atoms with Gasteiger partial charge in [0.15, 0.2) is 0 Å². The van der Waals surface area contributed by atoms with E-state index in [-0.39, 0.29) is 11.7 Å². The number of hydrogen-bond acceptors (Lipinski definition) is 4. The van der Waals surface area contributed by atoms with Crippen molar-refractivity contribution in [3.8, 4) is 0 Å². The summed E-state index contributed by atoms with van der Waals surface area (Å²) in [7, 11) is 0. The van der Waals surface area contributed by atoms with Gasteiger partial charge >= 0.3 is 0 Å². The number of thioether (sulfide) groups is 1. The number of nitrogens with one attached hydrogen (secondary N) is 1. The van der Waals surface area contributed by atoms with Gasteiger partial charge in [-0.05, 0) is 67.1 Å². The number of amides is 1. The van der Waals surface area contributed by atoms with Gasteiger partial charge in [0.05, 0.1) is 24.1 Å². The molecule has 3 aromatic rings. The SMILES string of the molecule is O=C(CSc1nc2ccc(F)cc2c2c1CCCC2)NCc1ccco1. The number of carbonyl (C=O) groups is 1. The molecular weight excluding hydrogens is 351 g/mol. The molecule has 0 radical (unpaired) electrons. The zero-order valence-electron chi connectivity index (χ0n) is 14.3. The van der Waals surface area contributed by atoms with Crippen molar-refractivity contribution < 1.29 is 13.6 Å². The van der Waals surface area contributed by atoms with Crippen LogP contribution in [-0.4, -0.2) is 16.6 Å². The number of furan rings is 1. The molecule has 1 N–H and O–H groups in total. The zero-order valence-corrected chi connectivity index (χ0v) is 15.1. The Labute approximate surface area is 155 Å². The van der Waals surface area contributed by atoms with Gasteiger partial charge < -0.3 is 9.73 Å². The van der Waals surface area contributed by atoms with Crippen LogP contribution >= 0.6 is 11.8 Å². The standard InChI is InChI=1S/C20H19FN2O2S/c21-13-7-8-18-17(10-13)15-5-1-2-6-16(15)20(23-18)26-12-19(24)22-11-14-4-3-9-25-14/h3-4,7-10H,1-2,5-6,11-12H2,(H,22,24). The van der Waals surface area contributed by atoms with Crippen LogP contribution in [0.15, 0.2) is 46.0 Å². The molecule has 0 aliphatic heterocycles. The summed E-state index contributed by atoms with van der Waals surface area (Å²) in [6.45, 7) is 0.384. The van der Waals surface area contributed by atoms with Crippen LogP contribution in [0, 0.1) is 5.82 Å². The smallest absolute Gasteiger partial charge is 0.230 e. The maximum Gasteiger partial charge on any atom is 0.230 e. The Kier molecular flexibility index (Phi) is 4.93. The molecule has 1 amide bonds. The molecule has 2 aromatic heterocycles. The van der Waals surface area contributed by atoms with Crippen LogP contribution in [0.25, 0.3) is 10.9 Å². The summed E-state index contributed by atoms with van der Waals surface area (Å²) in [6, 6.07) is 8.37.